The van der Waals surface area contributed by atoms with Crippen LogP contribution in [-0.4, -0.2) is 47.4 Å². The van der Waals surface area contributed by atoms with Crippen molar-refractivity contribution in [2.45, 2.75) is 44.2 Å². The first-order valence-electron chi connectivity index (χ1n) is 7.97. The van der Waals surface area contributed by atoms with E-state index in [0.717, 1.165) is 44.6 Å². The van der Waals surface area contributed by atoms with E-state index in [0.29, 0.717) is 12.5 Å². The van der Waals surface area contributed by atoms with E-state index in [1.165, 1.54) is 6.42 Å². The second-order valence-electron chi connectivity index (χ2n) is 6.22. The number of hydrogen-bond acceptors (Lipinski definition) is 4. The molecular formula is C15H25N5O. The van der Waals surface area contributed by atoms with Crippen molar-refractivity contribution in [3.8, 4) is 0 Å². The van der Waals surface area contributed by atoms with Crippen LogP contribution < -0.4 is 15.5 Å². The molecule has 2 fully saturated rings. The summed E-state index contributed by atoms with van der Waals surface area (Å²) < 4.78 is 1.82. The summed E-state index contributed by atoms with van der Waals surface area (Å²) in [4.78, 5) is 14.4. The van der Waals surface area contributed by atoms with Gasteiger partial charge in [-0.15, -0.1) is 0 Å². The number of carbonyl (C=O) groups excluding carboxylic acids is 1. The van der Waals surface area contributed by atoms with Gasteiger partial charge in [-0.1, -0.05) is 0 Å². The van der Waals surface area contributed by atoms with Crippen LogP contribution >= 0.6 is 0 Å². The number of carbonyl (C=O) groups is 1. The molecule has 2 aliphatic heterocycles. The van der Waals surface area contributed by atoms with Gasteiger partial charge in [-0.2, -0.15) is 5.10 Å². The molecule has 0 saturated carbocycles. The maximum absolute atomic E-state index is 12.1. The van der Waals surface area contributed by atoms with Gasteiger partial charge in [0, 0.05) is 44.8 Å². The summed E-state index contributed by atoms with van der Waals surface area (Å²) in [6.07, 6.45) is 9.04. The van der Waals surface area contributed by atoms with Crippen molar-refractivity contribution in [2.75, 3.05) is 24.5 Å². The minimum absolute atomic E-state index is 0.187. The Labute approximate surface area is 125 Å². The van der Waals surface area contributed by atoms with Gasteiger partial charge in [0.25, 0.3) is 0 Å². The molecular weight excluding hydrogens is 266 g/mol. The highest BCUT2D eigenvalue weighted by atomic mass is 16.1. The summed E-state index contributed by atoms with van der Waals surface area (Å²) in [7, 11) is 1.93. The van der Waals surface area contributed by atoms with Gasteiger partial charge < -0.3 is 15.5 Å². The normalized spacial score (nSPS) is 26.0. The number of aromatic nitrogens is 2. The molecule has 2 saturated heterocycles. The summed E-state index contributed by atoms with van der Waals surface area (Å²) in [6, 6.07) is 0.635. The predicted octanol–water partition coefficient (Wildman–Crippen LogP) is 0.647. The minimum atomic E-state index is 0.187. The Balaban J connectivity index is 1.50. The lowest BCUT2D eigenvalue weighted by molar-refractivity contribution is -0.122. The van der Waals surface area contributed by atoms with Gasteiger partial charge in [-0.05, 0) is 32.2 Å². The second-order valence-corrected chi connectivity index (χ2v) is 6.22. The van der Waals surface area contributed by atoms with Crippen LogP contribution in [0.4, 0.5) is 5.69 Å². The van der Waals surface area contributed by atoms with Crippen LogP contribution in [0.15, 0.2) is 12.4 Å². The number of nitrogens with zero attached hydrogens (tertiary/aromatic N) is 3. The summed E-state index contributed by atoms with van der Waals surface area (Å²) in [5, 5.41) is 10.8. The maximum atomic E-state index is 12.1. The zero-order valence-electron chi connectivity index (χ0n) is 12.7. The lowest BCUT2D eigenvalue weighted by atomic mass is 10.0. The molecule has 3 heterocycles. The maximum Gasteiger partial charge on any atom is 0.221 e. The molecule has 0 radical (unpaired) electrons. The second kappa shape index (κ2) is 6.47. The Morgan fingerprint density at radius 3 is 3.10 bits per heavy atom. The van der Waals surface area contributed by atoms with E-state index in [1.54, 1.807) is 0 Å². The molecule has 2 atom stereocenters. The Morgan fingerprint density at radius 2 is 2.38 bits per heavy atom. The fourth-order valence-electron chi connectivity index (χ4n) is 3.34. The molecule has 0 aromatic carbocycles. The summed E-state index contributed by atoms with van der Waals surface area (Å²) in [5.41, 5.74) is 1.15. The number of anilines is 1. The van der Waals surface area contributed by atoms with Crippen LogP contribution in [0.1, 0.15) is 32.1 Å². The highest BCUT2D eigenvalue weighted by Gasteiger charge is 2.24. The van der Waals surface area contributed by atoms with Gasteiger partial charge in [0.2, 0.25) is 5.91 Å². The predicted molar refractivity (Wildman–Crippen MR) is 82.2 cm³/mol. The quantitative estimate of drug-likeness (QED) is 0.855. The Kier molecular flexibility index (Phi) is 4.43. The molecule has 0 bridgehead atoms. The average Bonchev–Trinajstić information content (AvgIpc) is 3.10. The van der Waals surface area contributed by atoms with Crippen LogP contribution in [0, 0.1) is 0 Å². The lowest BCUT2D eigenvalue weighted by Gasteiger charge is -2.34. The van der Waals surface area contributed by atoms with E-state index in [-0.39, 0.29) is 11.9 Å². The molecule has 2 N–H and O–H groups in total. The molecule has 0 spiro atoms. The van der Waals surface area contributed by atoms with Gasteiger partial charge in [0.1, 0.15) is 0 Å². The zero-order valence-corrected chi connectivity index (χ0v) is 12.7. The van der Waals surface area contributed by atoms with E-state index < -0.39 is 0 Å². The van der Waals surface area contributed by atoms with Crippen molar-refractivity contribution in [1.29, 1.82) is 0 Å². The van der Waals surface area contributed by atoms with Gasteiger partial charge in [0.05, 0.1) is 11.9 Å². The fraction of sp³-hybridized carbons (Fsp3) is 0.733. The van der Waals surface area contributed by atoms with Crippen molar-refractivity contribution < 1.29 is 4.79 Å². The number of rotatable bonds is 4. The fourth-order valence-corrected chi connectivity index (χ4v) is 3.34. The minimum Gasteiger partial charge on any atom is -0.367 e. The molecule has 6 heteroatoms. The number of piperidine rings is 1. The Hall–Kier alpha value is -1.56. The summed E-state index contributed by atoms with van der Waals surface area (Å²) in [6.45, 7) is 2.98. The average molecular weight is 291 g/mol. The largest absolute Gasteiger partial charge is 0.367 e. The van der Waals surface area contributed by atoms with Crippen molar-refractivity contribution >= 4 is 11.6 Å². The van der Waals surface area contributed by atoms with E-state index in [1.807, 2.05) is 24.1 Å². The van der Waals surface area contributed by atoms with Crippen molar-refractivity contribution in [2.24, 2.45) is 7.05 Å². The smallest absolute Gasteiger partial charge is 0.221 e. The highest BCUT2D eigenvalue weighted by Crippen LogP contribution is 2.19. The van der Waals surface area contributed by atoms with Crippen molar-refractivity contribution in [1.82, 2.24) is 20.4 Å². The van der Waals surface area contributed by atoms with Gasteiger partial charge in [0.15, 0.2) is 0 Å². The molecule has 6 nitrogen and oxygen atoms in total. The van der Waals surface area contributed by atoms with Gasteiger partial charge in [-0.25, -0.2) is 0 Å². The standard InChI is InChI=1S/C15H25N5O/c1-19-11-14(9-17-19)20-7-3-5-13(10-20)18-15(21)8-12-4-2-6-16-12/h9,11-13,16H,2-8,10H2,1H3,(H,18,21). The third kappa shape index (κ3) is 3.75. The summed E-state index contributed by atoms with van der Waals surface area (Å²) >= 11 is 0. The van der Waals surface area contributed by atoms with Crippen LogP contribution in [0.2, 0.25) is 0 Å². The van der Waals surface area contributed by atoms with Gasteiger partial charge in [-0.3, -0.25) is 9.48 Å². The lowest BCUT2D eigenvalue weighted by Crippen LogP contribution is -2.48. The molecule has 1 amide bonds. The zero-order chi connectivity index (χ0) is 14.7. The molecule has 1 aromatic heterocycles. The first kappa shape index (κ1) is 14.4. The van der Waals surface area contributed by atoms with E-state index in [2.05, 4.69) is 20.6 Å². The van der Waals surface area contributed by atoms with E-state index in [4.69, 9.17) is 0 Å². The Bertz CT molecular complexity index is 480. The van der Waals surface area contributed by atoms with Crippen LogP contribution in [0.3, 0.4) is 0 Å². The molecule has 2 aliphatic rings. The number of hydrogen-bond donors (Lipinski definition) is 2. The number of aryl methyl sites for hydroxylation is 1. The molecule has 0 aliphatic carbocycles. The Morgan fingerprint density at radius 1 is 1.48 bits per heavy atom. The topological polar surface area (TPSA) is 62.2 Å². The third-order valence-electron chi connectivity index (χ3n) is 4.44. The monoisotopic (exact) mass is 291 g/mol. The van der Waals surface area contributed by atoms with Crippen molar-refractivity contribution in [3.63, 3.8) is 0 Å². The SMILES string of the molecule is Cn1cc(N2CCCC(NC(=O)CC3CCCN3)C2)cn1. The van der Waals surface area contributed by atoms with E-state index in [9.17, 15) is 4.79 Å². The molecule has 2 unspecified atom stereocenters. The third-order valence-corrected chi connectivity index (χ3v) is 4.44. The highest BCUT2D eigenvalue weighted by molar-refractivity contribution is 5.77. The first-order chi connectivity index (χ1) is 10.2. The number of amides is 1. The van der Waals surface area contributed by atoms with Crippen LogP contribution in [0.5, 0.6) is 0 Å². The van der Waals surface area contributed by atoms with Crippen molar-refractivity contribution in [3.05, 3.63) is 12.4 Å². The van der Waals surface area contributed by atoms with Crippen LogP contribution in [0.25, 0.3) is 0 Å². The van der Waals surface area contributed by atoms with Gasteiger partial charge >= 0.3 is 0 Å². The molecule has 21 heavy (non-hydrogen) atoms. The molecule has 116 valence electrons. The van der Waals surface area contributed by atoms with E-state index >= 15 is 0 Å². The molecule has 1 aromatic rings. The molecule has 3 rings (SSSR count). The number of nitrogens with one attached hydrogen (secondary N) is 2. The first-order valence-corrected chi connectivity index (χ1v) is 7.97. The summed E-state index contributed by atoms with van der Waals surface area (Å²) in [5.74, 6) is 0.187. The van der Waals surface area contributed by atoms with Crippen LogP contribution in [-0.2, 0) is 11.8 Å².